The van der Waals surface area contributed by atoms with E-state index in [1.165, 1.54) is 25.3 Å². The molecule has 0 radical (unpaired) electrons. The highest BCUT2D eigenvalue weighted by Crippen LogP contribution is 2.49. The Morgan fingerprint density at radius 1 is 0.809 bits per heavy atom. The van der Waals surface area contributed by atoms with Gasteiger partial charge in [0.25, 0.3) is 0 Å². The van der Waals surface area contributed by atoms with E-state index in [2.05, 4.69) is 29.9 Å². The molecule has 4 aromatic rings. The predicted molar refractivity (Wildman–Crippen MR) is 157 cm³/mol. The Hall–Kier alpha value is -3.24. The van der Waals surface area contributed by atoms with Crippen LogP contribution in [0.15, 0.2) is 25.3 Å². The number of fused-ring (bicyclic) bond motifs is 2. The minimum Gasteiger partial charge on any atom is -0.394 e. The lowest BCUT2D eigenvalue weighted by Gasteiger charge is -2.20. The molecule has 2 aliphatic rings. The standard InChI is InChI=1S/C23H32N10O12P2/c24-20-18-22(28-8-26-20)32(10-30-18)16-4-12(35)15(44-16)7-42-46(36,37)40-2-1-3-41-47(38,39)45-13-5-17(43-14(13)6-34)33-11-31-19-21(25)27-9-29-23(19)33/h8-17,34-35H,1-7H2,(H,36,37)(H,38,39)(H2,24,26,28)(H2,25,27,29)/t12-,13-,14+,15+,16+,17+/m0/s1. The van der Waals surface area contributed by atoms with Gasteiger partial charge in [0.15, 0.2) is 22.9 Å². The molecule has 0 aromatic carbocycles. The zero-order valence-corrected chi connectivity index (χ0v) is 26.2. The van der Waals surface area contributed by atoms with Gasteiger partial charge in [0.05, 0.1) is 45.2 Å². The number of rotatable bonds is 14. The molecule has 0 saturated carbocycles. The smallest absolute Gasteiger partial charge is 0.394 e. The molecular formula is C23H32N10O12P2. The molecule has 4 aromatic heterocycles. The van der Waals surface area contributed by atoms with E-state index in [1.54, 1.807) is 9.13 Å². The van der Waals surface area contributed by atoms with Gasteiger partial charge in [0, 0.05) is 12.8 Å². The molecule has 2 unspecified atom stereocenters. The van der Waals surface area contributed by atoms with E-state index in [9.17, 15) is 29.1 Å². The van der Waals surface area contributed by atoms with Crippen molar-refractivity contribution in [1.29, 1.82) is 0 Å². The van der Waals surface area contributed by atoms with E-state index >= 15 is 0 Å². The minimum absolute atomic E-state index is 0.0463. The number of aliphatic hydroxyl groups excluding tert-OH is 2. The molecule has 0 spiro atoms. The summed E-state index contributed by atoms with van der Waals surface area (Å²) in [4.78, 5) is 44.7. The summed E-state index contributed by atoms with van der Waals surface area (Å²) in [6.45, 7) is -1.77. The minimum atomic E-state index is -4.66. The molecule has 0 bridgehead atoms. The van der Waals surface area contributed by atoms with E-state index in [0.29, 0.717) is 22.3 Å². The van der Waals surface area contributed by atoms with Crippen LogP contribution in [-0.2, 0) is 36.7 Å². The number of nitrogen functional groups attached to an aromatic ring is 2. The maximum atomic E-state index is 12.6. The van der Waals surface area contributed by atoms with Gasteiger partial charge in [-0.15, -0.1) is 0 Å². The topological polar surface area (TPSA) is 310 Å². The van der Waals surface area contributed by atoms with Crippen LogP contribution < -0.4 is 11.5 Å². The first-order valence-electron chi connectivity index (χ1n) is 14.2. The summed E-state index contributed by atoms with van der Waals surface area (Å²) in [7, 11) is -9.26. The van der Waals surface area contributed by atoms with E-state index in [-0.39, 0.29) is 37.5 Å². The van der Waals surface area contributed by atoms with Crippen LogP contribution in [0.3, 0.4) is 0 Å². The summed E-state index contributed by atoms with van der Waals surface area (Å²) in [6, 6.07) is 0. The average Bonchev–Trinajstić information content (AvgIpc) is 3.81. The molecule has 22 nitrogen and oxygen atoms in total. The third kappa shape index (κ3) is 7.43. The predicted octanol–water partition coefficient (Wildman–Crippen LogP) is -0.215. The third-order valence-corrected chi connectivity index (χ3v) is 9.46. The Morgan fingerprint density at radius 3 is 1.96 bits per heavy atom. The van der Waals surface area contributed by atoms with Crippen molar-refractivity contribution in [3.05, 3.63) is 25.3 Å². The molecule has 8 atom stereocenters. The van der Waals surface area contributed by atoms with Gasteiger partial charge in [0.1, 0.15) is 54.5 Å². The number of aromatic nitrogens is 8. The first kappa shape index (κ1) is 33.7. The van der Waals surface area contributed by atoms with Crippen LogP contribution >= 0.6 is 15.6 Å². The number of phosphoric acid groups is 2. The second-order valence-corrected chi connectivity index (χ2v) is 13.4. The van der Waals surface area contributed by atoms with E-state index in [1.807, 2.05) is 0 Å². The average molecular weight is 703 g/mol. The lowest BCUT2D eigenvalue weighted by atomic mass is 10.2. The van der Waals surface area contributed by atoms with E-state index in [4.69, 9.17) is 39.0 Å². The number of nitrogens with two attached hydrogens (primary N) is 2. The maximum absolute atomic E-state index is 12.6. The van der Waals surface area contributed by atoms with Crippen molar-refractivity contribution in [2.75, 3.05) is 37.9 Å². The Balaban J connectivity index is 0.929. The van der Waals surface area contributed by atoms with Crippen LogP contribution in [0.4, 0.5) is 11.6 Å². The summed E-state index contributed by atoms with van der Waals surface area (Å²) in [5, 5.41) is 20.2. The van der Waals surface area contributed by atoms with Gasteiger partial charge in [-0.3, -0.25) is 27.2 Å². The van der Waals surface area contributed by atoms with Crippen molar-refractivity contribution < 1.29 is 56.7 Å². The first-order chi connectivity index (χ1) is 22.4. The summed E-state index contributed by atoms with van der Waals surface area (Å²) in [6.07, 6.45) is 0.00282. The second-order valence-electron chi connectivity index (χ2n) is 10.5. The van der Waals surface area contributed by atoms with E-state index in [0.717, 1.165) is 0 Å². The Labute approximate surface area is 264 Å². The zero-order chi connectivity index (χ0) is 33.3. The number of nitrogens with zero attached hydrogens (tertiary/aromatic N) is 8. The fourth-order valence-electron chi connectivity index (χ4n) is 5.17. The van der Waals surface area contributed by atoms with Crippen LogP contribution in [-0.4, -0.2) is 110 Å². The van der Waals surface area contributed by atoms with Crippen LogP contribution in [0.5, 0.6) is 0 Å². The number of ether oxygens (including phenoxy) is 2. The summed E-state index contributed by atoms with van der Waals surface area (Å²) < 4.78 is 59.8. The highest BCUT2D eigenvalue weighted by atomic mass is 31.2. The number of hydrogen-bond acceptors (Lipinski definition) is 18. The van der Waals surface area contributed by atoms with Crippen LogP contribution in [0.25, 0.3) is 22.3 Å². The Kier molecular flexibility index (Phi) is 9.81. The molecule has 24 heteroatoms. The normalized spacial score (nSPS) is 27.4. The largest absolute Gasteiger partial charge is 0.472 e. The molecule has 47 heavy (non-hydrogen) atoms. The SMILES string of the molecule is Nc1ncnc2c1ncn2[C@H]1C[C@H](OP(=O)(O)OCCCOP(=O)(O)OC[C@H]2O[C@@H](n3cnc4c(N)ncnc43)C[C@@H]2O)[C@@H](CO)O1. The fraction of sp³-hybridized carbons (Fsp3) is 0.565. The van der Waals surface area contributed by atoms with Crippen LogP contribution in [0, 0.1) is 0 Å². The molecular weight excluding hydrogens is 670 g/mol. The first-order valence-corrected chi connectivity index (χ1v) is 17.2. The van der Waals surface area contributed by atoms with Gasteiger partial charge in [-0.05, 0) is 6.42 Å². The lowest BCUT2D eigenvalue weighted by molar-refractivity contribution is -0.0446. The number of anilines is 2. The summed E-state index contributed by atoms with van der Waals surface area (Å²) >= 11 is 0. The van der Waals surface area contributed by atoms with Crippen molar-refractivity contribution in [3.63, 3.8) is 0 Å². The Bertz CT molecular complexity index is 1810. The zero-order valence-electron chi connectivity index (χ0n) is 24.4. The third-order valence-electron chi connectivity index (χ3n) is 7.43. The van der Waals surface area contributed by atoms with Gasteiger partial charge >= 0.3 is 15.6 Å². The van der Waals surface area contributed by atoms with Crippen molar-refractivity contribution in [2.24, 2.45) is 0 Å². The fourth-order valence-corrected chi connectivity index (χ4v) is 6.92. The molecule has 2 saturated heterocycles. The van der Waals surface area contributed by atoms with Crippen molar-refractivity contribution >= 4 is 49.6 Å². The van der Waals surface area contributed by atoms with Crippen molar-refractivity contribution in [3.8, 4) is 0 Å². The maximum Gasteiger partial charge on any atom is 0.472 e. The quantitative estimate of drug-likeness (QED) is 0.0731. The van der Waals surface area contributed by atoms with Crippen LogP contribution in [0.1, 0.15) is 31.7 Å². The number of imidazole rings is 2. The van der Waals surface area contributed by atoms with Gasteiger partial charge in [-0.1, -0.05) is 0 Å². The van der Waals surface area contributed by atoms with Gasteiger partial charge in [-0.2, -0.15) is 0 Å². The highest BCUT2D eigenvalue weighted by Gasteiger charge is 2.42. The summed E-state index contributed by atoms with van der Waals surface area (Å²) in [5.41, 5.74) is 13.1. The van der Waals surface area contributed by atoms with Crippen LogP contribution in [0.2, 0.25) is 0 Å². The molecule has 0 amide bonds. The van der Waals surface area contributed by atoms with Gasteiger partial charge < -0.3 is 40.9 Å². The highest BCUT2D eigenvalue weighted by molar-refractivity contribution is 7.47. The molecule has 6 rings (SSSR count). The molecule has 0 aliphatic carbocycles. The number of phosphoric ester groups is 2. The molecule has 6 heterocycles. The molecule has 8 N–H and O–H groups in total. The van der Waals surface area contributed by atoms with Crippen molar-refractivity contribution in [1.82, 2.24) is 39.0 Å². The molecule has 256 valence electrons. The van der Waals surface area contributed by atoms with E-state index < -0.39 is 72.3 Å². The monoisotopic (exact) mass is 702 g/mol. The van der Waals surface area contributed by atoms with Gasteiger partial charge in [-0.25, -0.2) is 39.0 Å². The number of aliphatic hydroxyl groups is 2. The number of hydrogen-bond donors (Lipinski definition) is 6. The Morgan fingerprint density at radius 2 is 1.36 bits per heavy atom. The molecule has 2 aliphatic heterocycles. The molecule has 2 fully saturated rings. The second kappa shape index (κ2) is 13.7. The van der Waals surface area contributed by atoms with Crippen molar-refractivity contribution in [2.45, 2.75) is 56.1 Å². The summed E-state index contributed by atoms with van der Waals surface area (Å²) in [5.74, 6) is 0.346. The lowest BCUT2D eigenvalue weighted by Crippen LogP contribution is -2.27. The van der Waals surface area contributed by atoms with Gasteiger partial charge in [0.2, 0.25) is 0 Å².